The maximum absolute atomic E-state index is 12.6. The number of furan rings is 1. The molecule has 0 aliphatic carbocycles. The second-order valence-corrected chi connectivity index (χ2v) is 7.31. The van der Waals surface area contributed by atoms with Crippen molar-refractivity contribution in [3.05, 3.63) is 66.2 Å². The van der Waals surface area contributed by atoms with Gasteiger partial charge in [-0.15, -0.1) is 11.3 Å². The second kappa shape index (κ2) is 6.66. The van der Waals surface area contributed by atoms with E-state index in [2.05, 4.69) is 21.2 Å². The van der Waals surface area contributed by atoms with Crippen LogP contribution in [-0.4, -0.2) is 21.3 Å². The Morgan fingerprint density at radius 1 is 1.30 bits per heavy atom. The van der Waals surface area contributed by atoms with E-state index in [1.54, 1.807) is 17.6 Å². The van der Waals surface area contributed by atoms with Gasteiger partial charge in [-0.2, -0.15) is 0 Å². The molecule has 0 saturated carbocycles. The molecule has 1 amide bonds. The summed E-state index contributed by atoms with van der Waals surface area (Å²) < 4.78 is 7.40. The van der Waals surface area contributed by atoms with Gasteiger partial charge in [0.1, 0.15) is 11.8 Å². The predicted octanol–water partition coefficient (Wildman–Crippen LogP) is 3.20. The lowest BCUT2D eigenvalue weighted by Crippen LogP contribution is -2.39. The summed E-state index contributed by atoms with van der Waals surface area (Å²) in [7, 11) is 0. The Morgan fingerprint density at radius 3 is 3.11 bits per heavy atom. The van der Waals surface area contributed by atoms with E-state index in [0.29, 0.717) is 6.42 Å². The van der Waals surface area contributed by atoms with E-state index >= 15 is 0 Å². The molecular weight excluding hydrogens is 362 g/mol. The van der Waals surface area contributed by atoms with E-state index < -0.39 is 0 Å². The van der Waals surface area contributed by atoms with Crippen molar-refractivity contribution in [3.8, 4) is 11.3 Å². The number of hydrazine groups is 1. The Kier molecular flexibility index (Phi) is 4.01. The molecule has 1 aromatic carbocycles. The average Bonchev–Trinajstić information content (AvgIpc) is 3.45. The van der Waals surface area contributed by atoms with Crippen LogP contribution in [0.1, 0.15) is 18.2 Å². The van der Waals surface area contributed by atoms with E-state index in [1.807, 2.05) is 58.6 Å². The number of fused-ring (bicyclic) bond motifs is 1. The Morgan fingerprint density at radius 2 is 2.26 bits per heavy atom. The molecule has 3 N–H and O–H groups in total. The Bertz CT molecular complexity index is 1060. The number of thiazole rings is 1. The molecule has 27 heavy (non-hydrogen) atoms. The summed E-state index contributed by atoms with van der Waals surface area (Å²) in [6.07, 6.45) is 6.23. The van der Waals surface area contributed by atoms with Gasteiger partial charge in [-0.25, -0.2) is 15.8 Å². The van der Waals surface area contributed by atoms with Crippen LogP contribution in [0.15, 0.2) is 64.9 Å². The molecular formula is C19H17N5O2S. The molecule has 4 aromatic rings. The average molecular weight is 379 g/mol. The van der Waals surface area contributed by atoms with Gasteiger partial charge in [0.2, 0.25) is 5.91 Å². The van der Waals surface area contributed by atoms with Crippen molar-refractivity contribution in [2.75, 3.05) is 5.32 Å². The SMILES string of the molecule is O=C(Nc1cccc(-c2cn3ccsc3n2)c1)C1CC(c2ccco2)NN1. The van der Waals surface area contributed by atoms with Crippen LogP contribution in [0.25, 0.3) is 16.2 Å². The molecule has 2 unspecified atom stereocenters. The Balaban J connectivity index is 1.29. The van der Waals surface area contributed by atoms with Crippen molar-refractivity contribution < 1.29 is 9.21 Å². The highest BCUT2D eigenvalue weighted by molar-refractivity contribution is 7.15. The van der Waals surface area contributed by atoms with Gasteiger partial charge in [0.05, 0.1) is 18.0 Å². The molecule has 0 radical (unpaired) electrons. The highest BCUT2D eigenvalue weighted by Gasteiger charge is 2.31. The number of hydrogen-bond donors (Lipinski definition) is 3. The monoisotopic (exact) mass is 379 g/mol. The smallest absolute Gasteiger partial charge is 0.242 e. The van der Waals surface area contributed by atoms with Crippen molar-refractivity contribution in [2.24, 2.45) is 0 Å². The first-order chi connectivity index (χ1) is 13.3. The molecule has 5 rings (SSSR count). The van der Waals surface area contributed by atoms with Crippen LogP contribution in [0.5, 0.6) is 0 Å². The fourth-order valence-corrected chi connectivity index (χ4v) is 3.96. The zero-order chi connectivity index (χ0) is 18.2. The number of benzene rings is 1. The molecule has 1 fully saturated rings. The minimum absolute atomic E-state index is 0.0134. The van der Waals surface area contributed by atoms with Crippen molar-refractivity contribution in [1.29, 1.82) is 0 Å². The molecule has 4 heterocycles. The summed E-state index contributed by atoms with van der Waals surface area (Å²) >= 11 is 1.59. The van der Waals surface area contributed by atoms with Gasteiger partial charge in [-0.1, -0.05) is 12.1 Å². The number of nitrogens with zero attached hydrogens (tertiary/aromatic N) is 2. The van der Waals surface area contributed by atoms with Gasteiger partial charge in [-0.05, 0) is 30.7 Å². The molecule has 2 atom stereocenters. The largest absolute Gasteiger partial charge is 0.468 e. The summed E-state index contributed by atoms with van der Waals surface area (Å²) in [6.45, 7) is 0. The minimum Gasteiger partial charge on any atom is -0.468 e. The number of carbonyl (C=O) groups is 1. The summed E-state index contributed by atoms with van der Waals surface area (Å²) in [4.78, 5) is 18.2. The van der Waals surface area contributed by atoms with Gasteiger partial charge < -0.3 is 9.73 Å². The van der Waals surface area contributed by atoms with Crippen molar-refractivity contribution in [1.82, 2.24) is 20.2 Å². The molecule has 0 spiro atoms. The number of hydrogen-bond acceptors (Lipinski definition) is 6. The summed E-state index contributed by atoms with van der Waals surface area (Å²) in [6, 6.07) is 11.1. The maximum Gasteiger partial charge on any atom is 0.242 e. The summed E-state index contributed by atoms with van der Waals surface area (Å²) in [5.41, 5.74) is 8.75. The van der Waals surface area contributed by atoms with Crippen LogP contribution in [0.2, 0.25) is 0 Å². The zero-order valence-corrected chi connectivity index (χ0v) is 15.1. The fourth-order valence-electron chi connectivity index (χ4n) is 3.26. The minimum atomic E-state index is -0.332. The number of rotatable bonds is 4. The van der Waals surface area contributed by atoms with Crippen molar-refractivity contribution >= 4 is 27.9 Å². The highest BCUT2D eigenvalue weighted by atomic mass is 32.1. The third kappa shape index (κ3) is 3.14. The first-order valence-corrected chi connectivity index (χ1v) is 9.52. The topological polar surface area (TPSA) is 83.6 Å². The first kappa shape index (κ1) is 16.2. The van der Waals surface area contributed by atoms with E-state index in [1.165, 1.54) is 0 Å². The van der Waals surface area contributed by atoms with Crippen LogP contribution < -0.4 is 16.2 Å². The van der Waals surface area contributed by atoms with Crippen molar-refractivity contribution in [3.63, 3.8) is 0 Å². The van der Waals surface area contributed by atoms with E-state index in [-0.39, 0.29) is 18.0 Å². The fraction of sp³-hybridized carbons (Fsp3) is 0.158. The van der Waals surface area contributed by atoms with Crippen molar-refractivity contribution in [2.45, 2.75) is 18.5 Å². The molecule has 136 valence electrons. The first-order valence-electron chi connectivity index (χ1n) is 8.64. The van der Waals surface area contributed by atoms with Crippen LogP contribution in [0, 0.1) is 0 Å². The number of imidazole rings is 1. The lowest BCUT2D eigenvalue weighted by molar-refractivity contribution is -0.117. The molecule has 1 aliphatic rings. The third-order valence-corrected chi connectivity index (χ3v) is 5.40. The van der Waals surface area contributed by atoms with Gasteiger partial charge >= 0.3 is 0 Å². The van der Waals surface area contributed by atoms with Crippen LogP contribution in [0.4, 0.5) is 5.69 Å². The predicted molar refractivity (Wildman–Crippen MR) is 103 cm³/mol. The van der Waals surface area contributed by atoms with Crippen LogP contribution in [-0.2, 0) is 4.79 Å². The number of nitrogens with one attached hydrogen (secondary N) is 3. The maximum atomic E-state index is 12.6. The lowest BCUT2D eigenvalue weighted by Gasteiger charge is -2.11. The summed E-state index contributed by atoms with van der Waals surface area (Å²) in [5.74, 6) is 0.735. The molecule has 7 nitrogen and oxygen atoms in total. The molecule has 1 saturated heterocycles. The van der Waals surface area contributed by atoms with Crippen LogP contribution in [0.3, 0.4) is 0 Å². The van der Waals surface area contributed by atoms with Gasteiger partial charge in [0, 0.05) is 29.0 Å². The Hall–Kier alpha value is -2.94. The molecule has 0 bridgehead atoms. The quantitative estimate of drug-likeness (QED) is 0.507. The van der Waals surface area contributed by atoms with E-state index in [0.717, 1.165) is 27.7 Å². The standard InChI is InChI=1S/C19H17N5O2S/c25-18(15-10-14(22-23-15)17-5-2-7-26-17)20-13-4-1-3-12(9-13)16-11-24-6-8-27-19(24)21-16/h1-9,11,14-15,22-23H,10H2,(H,20,25). The zero-order valence-electron chi connectivity index (χ0n) is 14.3. The molecule has 3 aromatic heterocycles. The highest BCUT2D eigenvalue weighted by Crippen LogP contribution is 2.26. The van der Waals surface area contributed by atoms with Crippen LogP contribution >= 0.6 is 11.3 Å². The number of anilines is 1. The number of carbonyl (C=O) groups excluding carboxylic acids is 1. The molecule has 8 heteroatoms. The Labute approximate surface area is 159 Å². The summed E-state index contributed by atoms with van der Waals surface area (Å²) in [5, 5.41) is 4.98. The lowest BCUT2D eigenvalue weighted by atomic mass is 10.1. The van der Waals surface area contributed by atoms with Gasteiger partial charge in [0.15, 0.2) is 4.96 Å². The normalized spacial score (nSPS) is 19.6. The third-order valence-electron chi connectivity index (χ3n) is 4.63. The number of amides is 1. The van der Waals surface area contributed by atoms with Gasteiger partial charge in [-0.3, -0.25) is 9.20 Å². The number of aromatic nitrogens is 2. The molecule has 1 aliphatic heterocycles. The van der Waals surface area contributed by atoms with Gasteiger partial charge in [0.25, 0.3) is 0 Å². The second-order valence-electron chi connectivity index (χ2n) is 6.43. The van der Waals surface area contributed by atoms with E-state index in [9.17, 15) is 4.79 Å². The van der Waals surface area contributed by atoms with E-state index in [4.69, 9.17) is 4.42 Å².